The highest BCUT2D eigenvalue weighted by molar-refractivity contribution is 6.16. The van der Waals surface area contributed by atoms with Crippen molar-refractivity contribution in [3.05, 3.63) is 302 Å². The first-order chi connectivity index (χ1) is 41.1. The smallest absolute Gasteiger partial charge is 0.0993 e. The van der Waals surface area contributed by atoms with Gasteiger partial charge in [-0.2, -0.15) is 5.26 Å². The van der Waals surface area contributed by atoms with Crippen LogP contribution < -0.4 is 0 Å². The summed E-state index contributed by atoms with van der Waals surface area (Å²) in [4.78, 5) is 0. The number of nitrogens with zero attached hydrogens (tertiary/aromatic N) is 4. The lowest BCUT2D eigenvalue weighted by Gasteiger charge is -2.23. The van der Waals surface area contributed by atoms with Crippen molar-refractivity contribution in [2.45, 2.75) is 12.8 Å². The zero-order valence-corrected chi connectivity index (χ0v) is 45.4. The largest absolute Gasteiger partial charge is 0.307 e. The highest BCUT2D eigenvalue weighted by atomic mass is 15.1. The lowest BCUT2D eigenvalue weighted by molar-refractivity contribution is 1.04. The molecule has 1 aliphatic carbocycles. The molecule has 0 atom stereocenters. The summed E-state index contributed by atoms with van der Waals surface area (Å²) < 4.78 is 7.37. The van der Waals surface area contributed by atoms with Gasteiger partial charge in [0.1, 0.15) is 0 Å². The van der Waals surface area contributed by atoms with Crippen molar-refractivity contribution in [1.82, 2.24) is 13.7 Å². The summed E-state index contributed by atoms with van der Waals surface area (Å²) in [6, 6.07) is 102. The van der Waals surface area contributed by atoms with Gasteiger partial charge in [-0.15, -0.1) is 0 Å². The third kappa shape index (κ3) is 8.05. The van der Waals surface area contributed by atoms with Crippen LogP contribution in [0, 0.1) is 11.3 Å². The lowest BCUT2D eigenvalue weighted by Crippen LogP contribution is -2.10. The minimum absolute atomic E-state index is 0.554. The van der Waals surface area contributed by atoms with Crippen LogP contribution in [0.3, 0.4) is 0 Å². The fourth-order valence-corrected chi connectivity index (χ4v) is 13.1. The molecule has 0 bridgehead atoms. The van der Waals surface area contributed by atoms with E-state index in [4.69, 9.17) is 0 Å². The van der Waals surface area contributed by atoms with Crippen molar-refractivity contribution in [1.29, 1.82) is 5.26 Å². The zero-order chi connectivity index (χ0) is 55.0. The number of nitriles is 1. The van der Waals surface area contributed by atoms with Gasteiger partial charge >= 0.3 is 0 Å². The molecule has 12 aromatic carbocycles. The average molecular weight is 1060 g/mol. The first-order valence-corrected chi connectivity index (χ1v) is 28.6. The Balaban J connectivity index is 1.07. The molecular formula is C79H52N4. The van der Waals surface area contributed by atoms with E-state index >= 15 is 0 Å². The quantitative estimate of drug-likeness (QED) is 0.142. The van der Waals surface area contributed by atoms with Crippen molar-refractivity contribution in [3.8, 4) is 78.8 Å². The first kappa shape index (κ1) is 48.0. The molecule has 0 unspecified atom stereocenters. The van der Waals surface area contributed by atoms with E-state index in [1.54, 1.807) is 0 Å². The van der Waals surface area contributed by atoms with Crippen LogP contribution in [0.15, 0.2) is 291 Å². The third-order valence-electron chi connectivity index (χ3n) is 17.1. The Kier molecular flexibility index (Phi) is 11.4. The number of hydrogen-bond acceptors (Lipinski definition) is 1. The van der Waals surface area contributed by atoms with Crippen LogP contribution in [0.1, 0.15) is 24.0 Å². The van der Waals surface area contributed by atoms with Gasteiger partial charge in [0.2, 0.25) is 0 Å². The van der Waals surface area contributed by atoms with Crippen molar-refractivity contribution in [3.63, 3.8) is 0 Å². The van der Waals surface area contributed by atoms with Crippen molar-refractivity contribution >= 4 is 71.0 Å². The summed E-state index contributed by atoms with van der Waals surface area (Å²) >= 11 is 0. The Bertz CT molecular complexity index is 4750. The molecule has 83 heavy (non-hydrogen) atoms. The molecular weight excluding hydrogens is 1000 g/mol. The minimum Gasteiger partial charge on any atom is -0.307 e. The lowest BCUT2D eigenvalue weighted by atomic mass is 9.97. The normalized spacial score (nSPS) is 12.5. The van der Waals surface area contributed by atoms with E-state index in [0.29, 0.717) is 5.56 Å². The maximum atomic E-state index is 11.6. The summed E-state index contributed by atoms with van der Waals surface area (Å²) in [6.45, 7) is 0. The fraction of sp³-hybridized carbons (Fsp3) is 0.0253. The SMILES string of the molecule is N#Cc1cc(-n2c3ccc(-c4ccccc4)cc3c3cc(-c4ccccc4)ccc32)c(-n2c3ccc(C4=CCCC=C4)cc3c3cc(-c4ccccc4)ccc32)c(-n2c3ccc(-c4ccccc4)cc3c3cc(-c4ccccc4)ccc32)c1. The van der Waals surface area contributed by atoms with Gasteiger partial charge in [0, 0.05) is 32.3 Å². The number of rotatable bonds is 9. The van der Waals surface area contributed by atoms with Crippen LogP contribution in [-0.2, 0) is 0 Å². The maximum Gasteiger partial charge on any atom is 0.0993 e. The summed E-state index contributed by atoms with van der Waals surface area (Å²) in [6.07, 6.45) is 9.00. The van der Waals surface area contributed by atoms with Gasteiger partial charge in [-0.3, -0.25) is 0 Å². The van der Waals surface area contributed by atoms with E-state index in [-0.39, 0.29) is 0 Å². The molecule has 388 valence electrons. The van der Waals surface area contributed by atoms with Crippen LogP contribution in [-0.4, -0.2) is 13.7 Å². The molecule has 15 aromatic rings. The summed E-state index contributed by atoms with van der Waals surface area (Å²) in [5.41, 5.74) is 23.5. The number of allylic oxidation sites excluding steroid dienone is 4. The molecule has 0 radical (unpaired) electrons. The summed E-state index contributed by atoms with van der Waals surface area (Å²) in [5, 5.41) is 18.4. The molecule has 0 aliphatic heterocycles. The number of hydrogen-bond donors (Lipinski definition) is 0. The average Bonchev–Trinajstić information content (AvgIpc) is 2.12. The number of benzene rings is 12. The predicted molar refractivity (Wildman–Crippen MR) is 348 cm³/mol. The predicted octanol–water partition coefficient (Wildman–Crippen LogP) is 20.9. The molecule has 1 aliphatic rings. The van der Waals surface area contributed by atoms with E-state index < -0.39 is 0 Å². The first-order valence-electron chi connectivity index (χ1n) is 28.6. The summed E-state index contributed by atoms with van der Waals surface area (Å²) in [5.74, 6) is 0. The van der Waals surface area contributed by atoms with Gasteiger partial charge in [0.05, 0.1) is 61.8 Å². The molecule has 3 heterocycles. The maximum absolute atomic E-state index is 11.6. The molecule has 3 aromatic heterocycles. The van der Waals surface area contributed by atoms with Crippen LogP contribution in [0.2, 0.25) is 0 Å². The Morgan fingerprint density at radius 3 is 0.855 bits per heavy atom. The third-order valence-corrected chi connectivity index (χ3v) is 17.1. The topological polar surface area (TPSA) is 38.6 Å². The highest BCUT2D eigenvalue weighted by Crippen LogP contribution is 2.47. The Morgan fingerprint density at radius 2 is 0.566 bits per heavy atom. The molecule has 0 saturated heterocycles. The van der Waals surface area contributed by atoms with E-state index in [0.717, 1.165) is 151 Å². The second-order valence-electron chi connectivity index (χ2n) is 21.8. The van der Waals surface area contributed by atoms with E-state index in [9.17, 15) is 5.26 Å². The van der Waals surface area contributed by atoms with Crippen molar-refractivity contribution in [2.24, 2.45) is 0 Å². The molecule has 4 heteroatoms. The second kappa shape index (κ2) is 19.7. The van der Waals surface area contributed by atoms with E-state index in [2.05, 4.69) is 311 Å². The summed E-state index contributed by atoms with van der Waals surface area (Å²) in [7, 11) is 0. The molecule has 0 saturated carbocycles. The van der Waals surface area contributed by atoms with Crippen LogP contribution in [0.4, 0.5) is 0 Å². The molecule has 0 N–H and O–H groups in total. The van der Waals surface area contributed by atoms with Gasteiger partial charge in [0.15, 0.2) is 0 Å². The van der Waals surface area contributed by atoms with Gasteiger partial charge in [-0.1, -0.05) is 206 Å². The van der Waals surface area contributed by atoms with E-state index in [1.165, 1.54) is 11.1 Å². The number of aromatic nitrogens is 3. The Hall–Kier alpha value is -11.0. The minimum atomic E-state index is 0.554. The number of fused-ring (bicyclic) bond motifs is 9. The van der Waals surface area contributed by atoms with Gasteiger partial charge in [-0.05, 0) is 165 Å². The molecule has 0 fully saturated rings. The molecule has 16 rings (SSSR count). The monoisotopic (exact) mass is 1060 g/mol. The van der Waals surface area contributed by atoms with Gasteiger partial charge in [0.25, 0.3) is 0 Å². The van der Waals surface area contributed by atoms with Crippen molar-refractivity contribution in [2.75, 3.05) is 0 Å². The Morgan fingerprint density at radius 1 is 0.277 bits per heavy atom. The molecule has 0 spiro atoms. The van der Waals surface area contributed by atoms with Crippen LogP contribution in [0.5, 0.6) is 0 Å². The van der Waals surface area contributed by atoms with Gasteiger partial charge < -0.3 is 13.7 Å². The standard InChI is InChI=1S/C79H52N4/c80-51-52-43-77(81-71-37-31-59(53-19-7-1-8-20-53)45-65(71)66-46-60(32-38-72(66)81)54-21-9-2-10-22-54)79(83-75-41-35-63(57-27-15-5-16-28-57)49-69(75)70-50-64(36-42-76(70)83)58-29-17-6-18-30-58)78(44-52)82-73-39-33-61(55-23-11-3-12-24-55)47-67(73)68-48-62(34-40-74(68)82)56-25-13-4-14-26-56/h1-5,7-17,19-50H,6,18H2. The molecule has 4 nitrogen and oxygen atoms in total. The van der Waals surface area contributed by atoms with Gasteiger partial charge in [-0.25, -0.2) is 0 Å². The second-order valence-corrected chi connectivity index (χ2v) is 21.8. The van der Waals surface area contributed by atoms with Crippen LogP contribution >= 0.6 is 0 Å². The zero-order valence-electron chi connectivity index (χ0n) is 45.4. The van der Waals surface area contributed by atoms with Crippen molar-refractivity contribution < 1.29 is 0 Å². The molecule has 0 amide bonds. The fourth-order valence-electron chi connectivity index (χ4n) is 13.1. The Labute approximate surface area is 481 Å². The van der Waals surface area contributed by atoms with E-state index in [1.807, 2.05) is 0 Å². The van der Waals surface area contributed by atoms with Crippen LogP contribution in [0.25, 0.3) is 144 Å². The highest BCUT2D eigenvalue weighted by Gasteiger charge is 2.27.